The second-order valence-electron chi connectivity index (χ2n) is 10.6. The molecular formula is C31H47FN2. The maximum atomic E-state index is 14.9. The monoisotopic (exact) mass is 466 g/mol. The van der Waals surface area contributed by atoms with E-state index in [1.54, 1.807) is 6.20 Å². The molecule has 3 heteroatoms. The number of unbranched alkanes of at least 4 members (excludes halogenated alkanes) is 9. The second kappa shape index (κ2) is 15.3. The number of hydrogen-bond donors (Lipinski definition) is 0. The van der Waals surface area contributed by atoms with Gasteiger partial charge in [-0.25, -0.2) is 9.97 Å². The fourth-order valence-corrected chi connectivity index (χ4v) is 5.47. The van der Waals surface area contributed by atoms with E-state index < -0.39 is 0 Å². The summed E-state index contributed by atoms with van der Waals surface area (Å²) in [6.07, 6.45) is 23.5. The molecule has 1 heterocycles. The third-order valence-electron chi connectivity index (χ3n) is 7.77. The van der Waals surface area contributed by atoms with E-state index in [4.69, 9.17) is 0 Å². The van der Waals surface area contributed by atoms with Gasteiger partial charge in [-0.05, 0) is 55.6 Å². The van der Waals surface area contributed by atoms with Crippen molar-refractivity contribution in [2.75, 3.05) is 0 Å². The van der Waals surface area contributed by atoms with Crippen LogP contribution in [0.2, 0.25) is 0 Å². The van der Waals surface area contributed by atoms with E-state index in [9.17, 15) is 4.39 Å². The van der Waals surface area contributed by atoms with Crippen molar-refractivity contribution in [3.8, 4) is 11.1 Å². The maximum absolute atomic E-state index is 14.9. The summed E-state index contributed by atoms with van der Waals surface area (Å²) in [4.78, 5) is 8.92. The van der Waals surface area contributed by atoms with Crippen molar-refractivity contribution in [1.82, 2.24) is 9.97 Å². The van der Waals surface area contributed by atoms with Gasteiger partial charge in [0.1, 0.15) is 5.82 Å². The average molecular weight is 467 g/mol. The summed E-state index contributed by atoms with van der Waals surface area (Å²) in [5.41, 5.74) is 2.74. The minimum absolute atomic E-state index is 0.319. The van der Waals surface area contributed by atoms with Crippen molar-refractivity contribution in [2.45, 2.75) is 129 Å². The smallest absolute Gasteiger partial charge is 0.224 e. The first kappa shape index (κ1) is 26.8. The summed E-state index contributed by atoms with van der Waals surface area (Å²) in [6, 6.07) is 8.35. The van der Waals surface area contributed by atoms with Crippen LogP contribution < -0.4 is 0 Å². The van der Waals surface area contributed by atoms with Gasteiger partial charge in [-0.2, -0.15) is 4.39 Å². The number of rotatable bonds is 15. The van der Waals surface area contributed by atoms with Crippen LogP contribution in [0.1, 0.15) is 134 Å². The van der Waals surface area contributed by atoms with Crippen LogP contribution in [0.4, 0.5) is 4.39 Å². The van der Waals surface area contributed by atoms with Crippen LogP contribution in [0.25, 0.3) is 11.1 Å². The zero-order valence-corrected chi connectivity index (χ0v) is 21.8. The highest BCUT2D eigenvalue weighted by molar-refractivity contribution is 5.62. The van der Waals surface area contributed by atoms with Crippen LogP contribution in [-0.4, -0.2) is 9.97 Å². The van der Waals surface area contributed by atoms with Crippen molar-refractivity contribution < 1.29 is 4.39 Å². The van der Waals surface area contributed by atoms with Crippen molar-refractivity contribution in [3.63, 3.8) is 0 Å². The molecule has 0 N–H and O–H groups in total. The lowest BCUT2D eigenvalue weighted by Crippen LogP contribution is -2.16. The van der Waals surface area contributed by atoms with Gasteiger partial charge in [0.15, 0.2) is 0 Å². The lowest BCUT2D eigenvalue weighted by molar-refractivity contribution is 0.296. The summed E-state index contributed by atoms with van der Waals surface area (Å²) in [7, 11) is 0. The van der Waals surface area contributed by atoms with Crippen LogP contribution in [0.5, 0.6) is 0 Å². The molecule has 1 fully saturated rings. The van der Waals surface area contributed by atoms with Crippen LogP contribution in [0.3, 0.4) is 0 Å². The highest BCUT2D eigenvalue weighted by atomic mass is 19.1. The molecule has 1 saturated carbocycles. The number of aryl methyl sites for hydroxylation is 1. The molecule has 0 amide bonds. The number of halogens is 1. The lowest BCUT2D eigenvalue weighted by atomic mass is 9.79. The average Bonchev–Trinajstić information content (AvgIpc) is 2.87. The van der Waals surface area contributed by atoms with E-state index in [0.717, 1.165) is 30.7 Å². The quantitative estimate of drug-likeness (QED) is 0.193. The van der Waals surface area contributed by atoms with Gasteiger partial charge in [0, 0.05) is 12.1 Å². The summed E-state index contributed by atoms with van der Waals surface area (Å²) < 4.78 is 14.9. The highest BCUT2D eigenvalue weighted by Gasteiger charge is 2.25. The topological polar surface area (TPSA) is 25.8 Å². The van der Waals surface area contributed by atoms with Crippen molar-refractivity contribution >= 4 is 0 Å². The van der Waals surface area contributed by atoms with E-state index in [-0.39, 0.29) is 5.95 Å². The Hall–Kier alpha value is -1.77. The Morgan fingerprint density at radius 3 is 2.03 bits per heavy atom. The molecule has 1 aromatic heterocycles. The molecule has 2 nitrogen and oxygen atoms in total. The van der Waals surface area contributed by atoms with Crippen molar-refractivity contribution in [2.24, 2.45) is 5.92 Å². The van der Waals surface area contributed by atoms with Gasteiger partial charge in [-0.3, -0.25) is 0 Å². The summed E-state index contributed by atoms with van der Waals surface area (Å²) in [6.45, 7) is 4.53. The number of benzene rings is 1. The van der Waals surface area contributed by atoms with Gasteiger partial charge >= 0.3 is 0 Å². The Labute approximate surface area is 208 Å². The Balaban J connectivity index is 1.44. The molecule has 34 heavy (non-hydrogen) atoms. The molecule has 0 radical (unpaired) electrons. The van der Waals surface area contributed by atoms with E-state index in [0.29, 0.717) is 17.3 Å². The molecule has 0 atom stereocenters. The molecule has 3 rings (SSSR count). The zero-order chi connectivity index (χ0) is 24.0. The maximum Gasteiger partial charge on any atom is 0.224 e. The summed E-state index contributed by atoms with van der Waals surface area (Å²) >= 11 is 0. The number of nitrogens with zero attached hydrogens (tertiary/aromatic N) is 2. The second-order valence-corrected chi connectivity index (χ2v) is 10.6. The van der Waals surface area contributed by atoms with Crippen LogP contribution in [-0.2, 0) is 6.42 Å². The van der Waals surface area contributed by atoms with E-state index in [2.05, 4.69) is 35.9 Å². The third-order valence-corrected chi connectivity index (χ3v) is 7.77. The molecular weight excluding hydrogens is 419 g/mol. The summed E-state index contributed by atoms with van der Waals surface area (Å²) in [5, 5.41) is 0. The molecule has 1 aliphatic rings. The molecule has 0 spiro atoms. The van der Waals surface area contributed by atoms with Gasteiger partial charge in [-0.1, -0.05) is 109 Å². The van der Waals surface area contributed by atoms with Gasteiger partial charge in [0.2, 0.25) is 5.95 Å². The zero-order valence-electron chi connectivity index (χ0n) is 21.8. The van der Waals surface area contributed by atoms with E-state index >= 15 is 0 Å². The van der Waals surface area contributed by atoms with Gasteiger partial charge in [-0.15, -0.1) is 0 Å². The van der Waals surface area contributed by atoms with Crippen molar-refractivity contribution in [1.29, 1.82) is 0 Å². The molecule has 2 aromatic rings. The number of hydrogen-bond acceptors (Lipinski definition) is 2. The Kier molecular flexibility index (Phi) is 12.1. The SMILES string of the molecule is CCCCCCCCCCc1ccc(-c2cnc([C@H]3CC[C@H](CCCCC)CC3)nc2F)cc1. The fourth-order valence-electron chi connectivity index (χ4n) is 5.47. The molecule has 0 bridgehead atoms. The van der Waals surface area contributed by atoms with E-state index in [1.165, 1.54) is 95.5 Å². The fraction of sp³-hybridized carbons (Fsp3) is 0.677. The molecule has 1 aromatic carbocycles. The molecule has 0 unspecified atom stereocenters. The Bertz CT molecular complexity index is 809. The first-order chi connectivity index (χ1) is 16.7. The predicted molar refractivity (Wildman–Crippen MR) is 143 cm³/mol. The molecule has 188 valence electrons. The summed E-state index contributed by atoms with van der Waals surface area (Å²) in [5.74, 6) is 1.50. The van der Waals surface area contributed by atoms with Crippen LogP contribution in [0.15, 0.2) is 30.5 Å². The van der Waals surface area contributed by atoms with Gasteiger partial charge < -0.3 is 0 Å². The minimum Gasteiger partial charge on any atom is -0.240 e. The molecule has 0 aliphatic heterocycles. The Morgan fingerprint density at radius 1 is 0.765 bits per heavy atom. The lowest BCUT2D eigenvalue weighted by Gasteiger charge is -2.27. The minimum atomic E-state index is -0.370. The third kappa shape index (κ3) is 8.78. The first-order valence-corrected chi connectivity index (χ1v) is 14.3. The highest BCUT2D eigenvalue weighted by Crippen LogP contribution is 2.37. The van der Waals surface area contributed by atoms with Crippen LogP contribution in [0, 0.1) is 11.9 Å². The van der Waals surface area contributed by atoms with Crippen LogP contribution >= 0.6 is 0 Å². The molecule has 1 aliphatic carbocycles. The number of aromatic nitrogens is 2. The predicted octanol–water partition coefficient (Wildman–Crippen LogP) is 9.82. The van der Waals surface area contributed by atoms with Gasteiger partial charge in [0.25, 0.3) is 0 Å². The normalized spacial score (nSPS) is 18.3. The van der Waals surface area contributed by atoms with E-state index in [1.807, 2.05) is 12.1 Å². The standard InChI is InChI=1S/C31H47FN2/c1-3-5-7-8-9-10-11-13-15-26-16-20-27(21-17-26)29-24-33-31(34-30(29)32)28-22-18-25(19-23-28)14-12-6-4-2/h16-17,20-21,24-25,28H,3-15,18-19,22-23H2,1-2H3/t25-,28-. The Morgan fingerprint density at radius 2 is 1.38 bits per heavy atom. The van der Waals surface area contributed by atoms with Crippen molar-refractivity contribution in [3.05, 3.63) is 47.8 Å². The largest absolute Gasteiger partial charge is 0.240 e. The molecule has 0 saturated heterocycles. The first-order valence-electron chi connectivity index (χ1n) is 14.3. The van der Waals surface area contributed by atoms with Gasteiger partial charge in [0.05, 0.1) is 5.56 Å².